The van der Waals surface area contributed by atoms with E-state index in [1.165, 1.54) is 44.9 Å². The van der Waals surface area contributed by atoms with Crippen LogP contribution < -0.4 is 0 Å². The Morgan fingerprint density at radius 1 is 0.282 bits per heavy atom. The van der Waals surface area contributed by atoms with Crippen molar-refractivity contribution in [2.75, 3.05) is 39.6 Å². The lowest BCUT2D eigenvalue weighted by molar-refractivity contribution is -0.161. The molecule has 0 aromatic carbocycles. The number of aliphatic hydroxyl groups excluding tert-OH is 2. The Morgan fingerprint density at radius 3 is 0.816 bits per heavy atom. The predicted molar refractivity (Wildman–Crippen MR) is 426 cm³/mol. The maximum absolute atomic E-state index is 13.0. The summed E-state index contributed by atoms with van der Waals surface area (Å²) in [5.74, 6) is -1.63. The van der Waals surface area contributed by atoms with Gasteiger partial charge < -0.3 is 34.2 Å². The minimum Gasteiger partial charge on any atom is -0.463 e. The van der Waals surface area contributed by atoms with Crippen molar-refractivity contribution in [1.29, 1.82) is 0 Å². The molecule has 103 heavy (non-hydrogen) atoms. The molecule has 0 spiro atoms. The number of aliphatic hydroxyl groups is 2. The van der Waals surface area contributed by atoms with Crippen LogP contribution >= 0.6 is 15.6 Å². The highest BCUT2D eigenvalue weighted by molar-refractivity contribution is 7.47. The number of hydrogen-bond acceptors (Lipinski definition) is 14. The van der Waals surface area contributed by atoms with Crippen LogP contribution in [-0.4, -0.2) is 95.9 Å². The normalized spacial score (nSPS) is 14.9. The summed E-state index contributed by atoms with van der Waals surface area (Å²) in [6.45, 7) is 2.36. The van der Waals surface area contributed by atoms with Crippen molar-refractivity contribution in [3.8, 4) is 0 Å². The SMILES string of the molecule is CC/C=C\C/C=C\C/C=C\C/C=C\C/C=C\CCCCCCCCCCCC(=O)OCC(O)COP(=O)(O)OCC(O)COP(=O)(O)OCC(COC(=O)CCCCCCC/C=C\C/C=C\C/C=C\C/C=C\C/C=C\CC)OC(=O)CCCCCCC/C=C\C/C=C\C/C=C\C/C=C\CCCCC. The maximum Gasteiger partial charge on any atom is 0.472 e. The minimum absolute atomic E-state index is 0.0725. The number of allylic oxidation sites excluding steroid dienone is 28. The second kappa shape index (κ2) is 76.6. The van der Waals surface area contributed by atoms with E-state index >= 15 is 0 Å². The molecule has 18 heteroatoms. The maximum atomic E-state index is 13.0. The lowest BCUT2D eigenvalue weighted by Crippen LogP contribution is -2.30. The molecule has 5 atom stereocenters. The van der Waals surface area contributed by atoms with E-state index in [0.717, 1.165) is 186 Å². The number of hydrogen-bond donors (Lipinski definition) is 4. The van der Waals surface area contributed by atoms with Gasteiger partial charge in [0.15, 0.2) is 6.10 Å². The van der Waals surface area contributed by atoms with Gasteiger partial charge in [-0.2, -0.15) is 0 Å². The minimum atomic E-state index is -4.95. The monoisotopic (exact) mass is 1480 g/mol. The molecule has 0 bridgehead atoms. The van der Waals surface area contributed by atoms with Crippen LogP contribution in [-0.2, 0) is 55.8 Å². The number of rotatable bonds is 73. The third kappa shape index (κ3) is 77.8. The standard InChI is InChI=1S/C85H140O16P2/c1-4-7-10-13-16-19-22-25-28-31-34-37-38-39-40-43-45-47-50-53-56-59-62-65-68-71-83(88)95-74-80(86)75-97-102(91,92)98-76-81(87)77-99-103(93,94)100-79-82(101-85(90)73-70-67-64-61-58-55-52-49-46-42-36-33-30-27-24-21-18-15-12-9-6-3)78-96-84(89)72-69-66-63-60-57-54-51-48-44-41-35-32-29-26-23-20-17-14-11-8-5-2/h7-8,10-11,16-21,25-30,34-37,39-42,48-49,51-52,80-82,86-87H,4-6,9,12-15,22-24,31-33,38,43-47,50,53-79H2,1-3H3,(H,91,92)(H,93,94)/b10-7-,11-8-,19-16-,20-17-,21-18-,28-25-,29-26-,30-27-,37-34-,40-39-,41-35-,42-36-,51-48-,52-49-. The first kappa shape index (κ1) is 97.9. The van der Waals surface area contributed by atoms with Crippen molar-refractivity contribution in [2.45, 2.75) is 309 Å². The van der Waals surface area contributed by atoms with Crippen LogP contribution in [0.5, 0.6) is 0 Å². The summed E-state index contributed by atoms with van der Waals surface area (Å²) in [7, 11) is -9.82. The molecule has 16 nitrogen and oxygen atoms in total. The Labute approximate surface area is 624 Å². The highest BCUT2D eigenvalue weighted by Crippen LogP contribution is 2.45. The zero-order chi connectivity index (χ0) is 75.2. The summed E-state index contributed by atoms with van der Waals surface area (Å²) >= 11 is 0. The number of carbonyl (C=O) groups is 3. The molecular weight excluding hydrogens is 1340 g/mol. The molecule has 586 valence electrons. The van der Waals surface area contributed by atoms with Gasteiger partial charge in [0.25, 0.3) is 0 Å². The fourth-order valence-electron chi connectivity index (χ4n) is 9.96. The molecule has 0 aliphatic rings. The average Bonchev–Trinajstić information content (AvgIpc) is 0.921. The summed E-state index contributed by atoms with van der Waals surface area (Å²) in [5, 5.41) is 20.6. The van der Waals surface area contributed by atoms with Crippen molar-refractivity contribution in [2.24, 2.45) is 0 Å². The zero-order valence-corrected chi connectivity index (χ0v) is 65.7. The van der Waals surface area contributed by atoms with Gasteiger partial charge in [0.05, 0.1) is 26.4 Å². The van der Waals surface area contributed by atoms with E-state index < -0.39 is 91.5 Å². The molecule has 0 fully saturated rings. The molecule has 0 aromatic rings. The number of esters is 3. The average molecular weight is 1480 g/mol. The second-order valence-electron chi connectivity index (χ2n) is 25.7. The van der Waals surface area contributed by atoms with Gasteiger partial charge in [0.1, 0.15) is 25.4 Å². The summed E-state index contributed by atoms with van der Waals surface area (Å²) in [5.41, 5.74) is 0. The van der Waals surface area contributed by atoms with Gasteiger partial charge in [-0.15, -0.1) is 0 Å². The zero-order valence-electron chi connectivity index (χ0n) is 63.9. The molecule has 0 aliphatic carbocycles. The Morgan fingerprint density at radius 2 is 0.515 bits per heavy atom. The molecule has 0 aliphatic heterocycles. The van der Waals surface area contributed by atoms with Crippen molar-refractivity contribution >= 4 is 33.6 Å². The van der Waals surface area contributed by atoms with Crippen LogP contribution in [0.15, 0.2) is 170 Å². The molecule has 0 saturated carbocycles. The quantitative estimate of drug-likeness (QED) is 0.0146. The van der Waals surface area contributed by atoms with Crippen molar-refractivity contribution in [3.63, 3.8) is 0 Å². The summed E-state index contributed by atoms with van der Waals surface area (Å²) in [6.07, 6.45) is 96.7. The topological polar surface area (TPSA) is 231 Å². The molecule has 0 rings (SSSR count). The fourth-order valence-corrected chi connectivity index (χ4v) is 11.5. The number of ether oxygens (including phenoxy) is 3. The summed E-state index contributed by atoms with van der Waals surface area (Å²) in [4.78, 5) is 58.7. The number of phosphoric acid groups is 2. The molecule has 0 amide bonds. The molecule has 0 saturated heterocycles. The number of carbonyl (C=O) groups excluding carboxylic acids is 3. The Bertz CT molecular complexity index is 2550. The first-order chi connectivity index (χ1) is 50.2. The smallest absolute Gasteiger partial charge is 0.463 e. The van der Waals surface area contributed by atoms with Crippen molar-refractivity contribution in [1.82, 2.24) is 0 Å². The van der Waals surface area contributed by atoms with Crippen LogP contribution in [0.3, 0.4) is 0 Å². The van der Waals surface area contributed by atoms with Crippen LogP contribution in [0.2, 0.25) is 0 Å². The van der Waals surface area contributed by atoms with E-state index in [9.17, 15) is 43.5 Å². The highest BCUT2D eigenvalue weighted by Gasteiger charge is 2.29. The first-order valence-corrected chi connectivity index (χ1v) is 42.4. The molecule has 0 radical (unpaired) electrons. The van der Waals surface area contributed by atoms with E-state index in [1.54, 1.807) is 0 Å². The summed E-state index contributed by atoms with van der Waals surface area (Å²) in [6, 6.07) is 0. The van der Waals surface area contributed by atoms with Gasteiger partial charge in [0, 0.05) is 19.3 Å². The van der Waals surface area contributed by atoms with Gasteiger partial charge in [0.2, 0.25) is 0 Å². The van der Waals surface area contributed by atoms with Gasteiger partial charge in [-0.05, 0) is 154 Å². The third-order valence-electron chi connectivity index (χ3n) is 15.9. The van der Waals surface area contributed by atoms with Gasteiger partial charge in [-0.3, -0.25) is 32.5 Å². The van der Waals surface area contributed by atoms with Crippen LogP contribution in [0, 0.1) is 0 Å². The lowest BCUT2D eigenvalue weighted by atomic mass is 10.1. The van der Waals surface area contributed by atoms with E-state index in [0.29, 0.717) is 19.3 Å². The molecule has 5 unspecified atom stereocenters. The fraction of sp³-hybridized carbons (Fsp3) is 0.635. The van der Waals surface area contributed by atoms with Crippen LogP contribution in [0.4, 0.5) is 0 Å². The second-order valence-corrected chi connectivity index (χ2v) is 28.7. The van der Waals surface area contributed by atoms with Crippen molar-refractivity contribution in [3.05, 3.63) is 170 Å². The molecule has 0 heterocycles. The Kier molecular flexibility index (Phi) is 72.8. The van der Waals surface area contributed by atoms with Crippen molar-refractivity contribution < 1.29 is 75.8 Å². The van der Waals surface area contributed by atoms with Gasteiger partial charge >= 0.3 is 33.6 Å². The van der Waals surface area contributed by atoms with Crippen LogP contribution in [0.1, 0.15) is 290 Å². The lowest BCUT2D eigenvalue weighted by Gasteiger charge is -2.21. The third-order valence-corrected chi connectivity index (χ3v) is 17.8. The molecule has 0 aromatic heterocycles. The van der Waals surface area contributed by atoms with Crippen LogP contribution in [0.25, 0.3) is 0 Å². The van der Waals surface area contributed by atoms with Gasteiger partial charge in [-0.1, -0.05) is 287 Å². The Hall–Kier alpha value is -5.09. The molecular formula is C85H140O16P2. The first-order valence-electron chi connectivity index (χ1n) is 39.4. The van der Waals surface area contributed by atoms with E-state index in [1.807, 2.05) is 0 Å². The van der Waals surface area contributed by atoms with E-state index in [-0.39, 0.29) is 19.3 Å². The van der Waals surface area contributed by atoms with Gasteiger partial charge in [-0.25, -0.2) is 9.13 Å². The van der Waals surface area contributed by atoms with E-state index in [4.69, 9.17) is 32.3 Å². The highest BCUT2D eigenvalue weighted by atomic mass is 31.2. The predicted octanol–water partition coefficient (Wildman–Crippen LogP) is 23.2. The van der Waals surface area contributed by atoms with E-state index in [2.05, 4.69) is 191 Å². The number of unbranched alkanes of at least 4 members (excludes halogenated alkanes) is 22. The largest absolute Gasteiger partial charge is 0.472 e. The Balaban J connectivity index is 4.73. The number of phosphoric ester groups is 2. The summed E-state index contributed by atoms with van der Waals surface area (Å²) < 4.78 is 61.2. The molecule has 4 N–H and O–H groups in total.